The third-order valence-corrected chi connectivity index (χ3v) is 8.69. The van der Waals surface area contributed by atoms with Crippen molar-refractivity contribution in [1.82, 2.24) is 55.4 Å². The van der Waals surface area contributed by atoms with Crippen LogP contribution in [-0.4, -0.2) is 97.9 Å². The van der Waals surface area contributed by atoms with Gasteiger partial charge in [0, 0.05) is 44.4 Å². The number of nitrogens with two attached hydrogens (primary N) is 1. The predicted molar refractivity (Wildman–Crippen MR) is 177 cm³/mol. The summed E-state index contributed by atoms with van der Waals surface area (Å²) in [5.74, 6) is 1.51. The van der Waals surface area contributed by atoms with Gasteiger partial charge in [-0.25, -0.2) is 24.7 Å². The number of carbonyl (C=O) groups is 1. The molecule has 1 saturated carbocycles. The zero-order valence-electron chi connectivity index (χ0n) is 26.6. The molecule has 5 N–H and O–H groups in total. The van der Waals surface area contributed by atoms with E-state index in [1.807, 2.05) is 17.6 Å². The number of pyridine rings is 2. The van der Waals surface area contributed by atoms with E-state index in [2.05, 4.69) is 46.7 Å². The summed E-state index contributed by atoms with van der Waals surface area (Å²) in [7, 11) is 1.56. The van der Waals surface area contributed by atoms with Crippen LogP contribution in [0.25, 0.3) is 22.6 Å². The molecule has 2 fully saturated rings. The average molecular weight is 694 g/mol. The van der Waals surface area contributed by atoms with E-state index < -0.39 is 0 Å². The van der Waals surface area contributed by atoms with Gasteiger partial charge in [-0.2, -0.15) is 4.99 Å². The molecule has 1 amide bonds. The first-order chi connectivity index (χ1) is 23.5. The maximum atomic E-state index is 14.0. The number of carbonyl (C=O) groups excluding carboxylic acids is 1. The molecule has 2 aliphatic heterocycles. The molecule has 5 aromatic heterocycles. The fraction of sp³-hybridized carbons (Fsp3) is 0.414. The van der Waals surface area contributed by atoms with E-state index in [0.717, 1.165) is 24.9 Å². The van der Waals surface area contributed by atoms with Gasteiger partial charge >= 0.3 is 0 Å². The molecule has 19 nitrogen and oxygen atoms in total. The largest absolute Gasteiger partial charge is 0.481 e. The number of nitrogens with one attached hydrogen (secondary N) is 3. The molecule has 2 unspecified atom stereocenters. The minimum Gasteiger partial charge on any atom is -0.481 e. The number of ether oxygens (including phenoxy) is 2. The Bertz CT molecular complexity index is 2030. The number of amidine groups is 1. The summed E-state index contributed by atoms with van der Waals surface area (Å²) < 4.78 is 23.3. The molecule has 256 valence electrons. The number of quaternary nitrogens is 1. The monoisotopic (exact) mass is 693 g/mol. The van der Waals surface area contributed by atoms with Crippen LogP contribution in [0, 0.1) is 5.92 Å². The number of aryl methyl sites for hydroxylation is 1. The van der Waals surface area contributed by atoms with E-state index in [1.165, 1.54) is 6.20 Å². The van der Waals surface area contributed by atoms with E-state index in [-0.39, 0.29) is 52.3 Å². The van der Waals surface area contributed by atoms with Crippen molar-refractivity contribution in [2.75, 3.05) is 51.1 Å². The first kappa shape index (κ1) is 32.3. The van der Waals surface area contributed by atoms with Crippen molar-refractivity contribution in [3.63, 3.8) is 0 Å². The van der Waals surface area contributed by atoms with Crippen LogP contribution in [-0.2, 0) is 11.3 Å². The van der Waals surface area contributed by atoms with Gasteiger partial charge in [-0.1, -0.05) is 0 Å². The van der Waals surface area contributed by atoms with E-state index in [4.69, 9.17) is 34.4 Å². The summed E-state index contributed by atoms with van der Waals surface area (Å²) in [5.41, 5.74) is 13.1. The molecule has 2 atom stereocenters. The minimum atomic E-state index is -0.343. The Hall–Kier alpha value is -5.24. The van der Waals surface area contributed by atoms with Crippen LogP contribution in [0.15, 0.2) is 38.9 Å². The zero-order valence-corrected chi connectivity index (χ0v) is 27.4. The number of nitrogens with zero attached hydrogens (tertiary/aromatic N) is 10. The summed E-state index contributed by atoms with van der Waals surface area (Å²) in [6, 6.07) is 1.81. The fourth-order valence-electron chi connectivity index (χ4n) is 6.27. The van der Waals surface area contributed by atoms with Gasteiger partial charge < -0.3 is 30.4 Å². The van der Waals surface area contributed by atoms with Crippen molar-refractivity contribution in [3.05, 3.63) is 35.9 Å². The van der Waals surface area contributed by atoms with Crippen molar-refractivity contribution < 1.29 is 23.5 Å². The SMILES string of the molecule is CCn1c(-c2nonc2N[N+]2(CC3CC3)C(c3nonc3N)=Nc3cncc(C(=O)NCC4CNCCO4)c32)nc2cnc(OC)cc21.Cl. The highest BCUT2D eigenvalue weighted by atomic mass is 35.5. The summed E-state index contributed by atoms with van der Waals surface area (Å²) in [5, 5.41) is 22.8. The van der Waals surface area contributed by atoms with Gasteiger partial charge in [-0.05, 0) is 40.4 Å². The zero-order chi connectivity index (χ0) is 32.8. The van der Waals surface area contributed by atoms with Crippen LogP contribution in [0.3, 0.4) is 0 Å². The molecular weight excluding hydrogens is 660 g/mol. The minimum absolute atomic E-state index is 0. The topological polar surface area (TPSA) is 231 Å². The van der Waals surface area contributed by atoms with Crippen LogP contribution in [0.5, 0.6) is 5.88 Å². The molecule has 20 heteroatoms. The normalized spacial score (nSPS) is 20.0. The molecule has 0 radical (unpaired) electrons. The third kappa shape index (κ3) is 5.69. The molecule has 0 aromatic carbocycles. The number of anilines is 2. The molecule has 0 spiro atoms. The number of hydrogen-bond donors (Lipinski definition) is 4. The van der Waals surface area contributed by atoms with Gasteiger partial charge in [0.15, 0.2) is 17.2 Å². The van der Waals surface area contributed by atoms with Crippen molar-refractivity contribution >= 4 is 58.2 Å². The predicted octanol–water partition coefficient (Wildman–Crippen LogP) is 1.85. The van der Waals surface area contributed by atoms with Crippen LogP contribution < -0.4 is 31.1 Å². The average Bonchev–Trinajstić information content (AvgIpc) is 3.39. The Morgan fingerprint density at radius 1 is 1.16 bits per heavy atom. The Labute approximate surface area is 284 Å². The number of rotatable bonds is 11. The van der Waals surface area contributed by atoms with Gasteiger partial charge in [0.05, 0.1) is 37.7 Å². The second kappa shape index (κ2) is 13.0. The van der Waals surface area contributed by atoms with Gasteiger partial charge in [0.2, 0.25) is 28.9 Å². The van der Waals surface area contributed by atoms with Crippen LogP contribution in [0.1, 0.15) is 35.8 Å². The van der Waals surface area contributed by atoms with Crippen molar-refractivity contribution in [1.29, 1.82) is 0 Å². The lowest BCUT2D eigenvalue weighted by molar-refractivity contribution is 0.0287. The van der Waals surface area contributed by atoms with Gasteiger partial charge in [-0.15, -0.1) is 17.0 Å². The molecule has 1 saturated heterocycles. The highest BCUT2D eigenvalue weighted by Gasteiger charge is 2.54. The second-order valence-electron chi connectivity index (χ2n) is 11.8. The number of fused-ring (bicyclic) bond motifs is 2. The molecular formula is C29H34ClN14O5+. The van der Waals surface area contributed by atoms with Gasteiger partial charge in [-0.3, -0.25) is 9.78 Å². The number of aliphatic imine (C=N–C) groups is 1. The lowest BCUT2D eigenvalue weighted by Crippen LogP contribution is -2.59. The molecule has 7 heterocycles. The first-order valence-corrected chi connectivity index (χ1v) is 15.6. The molecule has 49 heavy (non-hydrogen) atoms. The number of aromatic nitrogens is 8. The number of methoxy groups -OCH3 is 1. The van der Waals surface area contributed by atoms with Gasteiger partial charge in [0.25, 0.3) is 11.7 Å². The highest BCUT2D eigenvalue weighted by Crippen LogP contribution is 2.48. The second-order valence-corrected chi connectivity index (χ2v) is 11.8. The van der Waals surface area contributed by atoms with E-state index in [1.54, 1.807) is 19.5 Å². The molecule has 8 rings (SSSR count). The molecule has 3 aliphatic rings. The number of amides is 1. The van der Waals surface area contributed by atoms with Gasteiger partial charge in [0.1, 0.15) is 17.6 Å². The summed E-state index contributed by atoms with van der Waals surface area (Å²) in [4.78, 5) is 32.4. The molecule has 1 aliphatic carbocycles. The third-order valence-electron chi connectivity index (χ3n) is 8.69. The smallest absolute Gasteiger partial charge is 0.292 e. The lowest BCUT2D eigenvalue weighted by atomic mass is 10.1. The number of nitrogen functional groups attached to an aromatic ring is 1. The van der Waals surface area contributed by atoms with Crippen LogP contribution >= 0.6 is 12.4 Å². The Kier molecular flexibility index (Phi) is 8.57. The Morgan fingerprint density at radius 2 is 2.00 bits per heavy atom. The van der Waals surface area contributed by atoms with Crippen molar-refractivity contribution in [3.8, 4) is 17.4 Å². The van der Waals surface area contributed by atoms with Crippen molar-refractivity contribution in [2.45, 2.75) is 32.4 Å². The highest BCUT2D eigenvalue weighted by molar-refractivity contribution is 6.17. The lowest BCUT2D eigenvalue weighted by Gasteiger charge is -2.34. The molecule has 5 aromatic rings. The van der Waals surface area contributed by atoms with E-state index >= 15 is 0 Å². The fourth-order valence-corrected chi connectivity index (χ4v) is 6.27. The number of hydrogen-bond acceptors (Lipinski definition) is 16. The standard InChI is InChI=1S/C29H32N14O5.ClH/c1-3-42-20-8-21(45-2)33-13-18(20)35-27(42)23-26(41-48-39-23)37-43(14-15-4-5-15)24-17(29(44)34-10-16-9-31-6-7-46-16)11-32-12-19(24)36-28(43)22-25(30)40-47-38-22;/h8,11-13,15-16,31H,3-7,9-10,14H2,1-2H3,(H3-,30,34,37,40,41,44);1H/p+1. The van der Waals surface area contributed by atoms with Crippen molar-refractivity contribution in [2.24, 2.45) is 10.9 Å². The van der Waals surface area contributed by atoms with E-state index in [0.29, 0.717) is 78.5 Å². The summed E-state index contributed by atoms with van der Waals surface area (Å²) >= 11 is 0. The maximum Gasteiger partial charge on any atom is 0.292 e. The van der Waals surface area contributed by atoms with Crippen LogP contribution in [0.4, 0.5) is 23.0 Å². The molecule has 0 bridgehead atoms. The first-order valence-electron chi connectivity index (χ1n) is 15.6. The Morgan fingerprint density at radius 3 is 2.73 bits per heavy atom. The number of halogens is 1. The quantitative estimate of drug-likeness (QED) is 0.145. The Balaban J connectivity index is 0.00000378. The number of imidazole rings is 1. The van der Waals surface area contributed by atoms with Crippen LogP contribution in [0.2, 0.25) is 0 Å². The number of morpholine rings is 1. The van der Waals surface area contributed by atoms with E-state index in [9.17, 15) is 4.79 Å². The summed E-state index contributed by atoms with van der Waals surface area (Å²) in [6.45, 7) is 5.29. The maximum absolute atomic E-state index is 14.0. The summed E-state index contributed by atoms with van der Waals surface area (Å²) in [6.07, 6.45) is 6.54.